The second-order valence-corrected chi connectivity index (χ2v) is 38.0. The summed E-state index contributed by atoms with van der Waals surface area (Å²) in [5, 5.41) is 0. The molecule has 0 saturated carbocycles. The van der Waals surface area contributed by atoms with Crippen LogP contribution < -0.4 is 0 Å². The minimum atomic E-state index is -0.294. The Labute approximate surface area is 292 Å². The number of hydrogen-bond donors (Lipinski definition) is 0. The SMILES string of the molecule is C[Si](C)C.C[Si](C)C.C[Si](C)C.C[Si](C)C.C[Si](C)[Si](C)C.[Ge]/[CH]=[C](\[Ge]/[C](=[CH]\[Ge])c1ccccc1)c1ccccc1. The summed E-state index contributed by atoms with van der Waals surface area (Å²) in [5.74, 6) is 0. The molecule has 2 rings (SSSR count). The standard InChI is InChI=1S/C16H12Ge3.C4H12Si2.4C3H9Si/c17-11-15(13-7-3-1-4-8-13)19-16(12-18)14-9-5-2-6-10-14;1-5(2)6(3)4;4*1-4(2)3/h1-12H;1-4H3;4*1-3H3/b15-11-,16-12-;;;;;. The minimum absolute atomic E-state index is 0.120. The Hall–Kier alpha value is 0.850. The molecule has 0 spiro atoms. The van der Waals surface area contributed by atoms with Crippen LogP contribution in [0.5, 0.6) is 0 Å². The van der Waals surface area contributed by atoms with Gasteiger partial charge in [0.15, 0.2) is 0 Å². The van der Waals surface area contributed by atoms with Gasteiger partial charge in [-0.2, -0.15) is 0 Å². The third-order valence-electron chi connectivity index (χ3n) is 3.73. The van der Waals surface area contributed by atoms with Crippen LogP contribution in [0.1, 0.15) is 11.1 Å². The quantitative estimate of drug-likeness (QED) is 0.264. The second-order valence-electron chi connectivity index (χ2n) is 12.0. The van der Waals surface area contributed by atoms with Crippen molar-refractivity contribution in [2.24, 2.45) is 0 Å². The summed E-state index contributed by atoms with van der Waals surface area (Å²) in [7, 11) is 0.782. The van der Waals surface area contributed by atoms with Gasteiger partial charge in [-0.3, -0.25) is 0 Å². The molecule has 0 aliphatic heterocycles. The summed E-state index contributed by atoms with van der Waals surface area (Å²) >= 11 is 3.99. The van der Waals surface area contributed by atoms with Gasteiger partial charge in [-0.25, -0.2) is 0 Å². The molecule has 0 aliphatic carbocycles. The summed E-state index contributed by atoms with van der Waals surface area (Å²) in [6.07, 6.45) is 0. The Bertz CT molecular complexity index is 760. The van der Waals surface area contributed by atoms with Crippen molar-refractivity contribution in [3.63, 3.8) is 0 Å². The van der Waals surface area contributed by atoms with E-state index in [1.807, 2.05) is 0 Å². The van der Waals surface area contributed by atoms with Crippen molar-refractivity contribution in [2.75, 3.05) is 0 Å². The van der Waals surface area contributed by atoms with E-state index in [1.54, 1.807) is 0 Å². The number of rotatable bonds is 5. The van der Waals surface area contributed by atoms with Gasteiger partial charge in [0.1, 0.15) is 0 Å². The molecule has 2 aromatic rings. The molecule has 0 amide bonds. The molecule has 224 valence electrons. The van der Waals surface area contributed by atoms with E-state index in [1.165, 1.54) is 19.9 Å². The molecule has 0 nitrogen and oxygen atoms in total. The Morgan fingerprint density at radius 2 is 0.634 bits per heavy atom. The molecule has 0 fully saturated rings. The average Bonchev–Trinajstić information content (AvgIpc) is 2.85. The monoisotopic (exact) mass is 834 g/mol. The van der Waals surface area contributed by atoms with E-state index in [0.717, 1.165) is 0 Å². The Morgan fingerprint density at radius 3 is 0.780 bits per heavy atom. The van der Waals surface area contributed by atoms with Crippen molar-refractivity contribution in [3.8, 4) is 0 Å². The van der Waals surface area contributed by atoms with Gasteiger partial charge in [0.05, 0.1) is 0 Å². The molecule has 41 heavy (non-hydrogen) atoms. The van der Waals surface area contributed by atoms with E-state index >= 15 is 0 Å². The molecule has 0 N–H and O–H groups in total. The third kappa shape index (κ3) is 45.4. The fraction of sp³-hybridized carbons (Fsp3) is 0.500. The van der Waals surface area contributed by atoms with Crippen molar-refractivity contribution in [2.45, 2.75) is 105 Å². The third-order valence-corrected chi connectivity index (χ3v) is 18.4. The van der Waals surface area contributed by atoms with Crippen LogP contribution in [-0.2, 0) is 0 Å². The molecule has 0 aromatic heterocycles. The van der Waals surface area contributed by atoms with Crippen molar-refractivity contribution in [3.05, 3.63) is 81.6 Å². The maximum atomic E-state index is 2.39. The predicted octanol–water partition coefficient (Wildman–Crippen LogP) is 10.1. The first-order valence-corrected chi connectivity index (χ1v) is 36.7. The molecule has 14 radical (unpaired) electrons. The molecule has 2 aromatic carbocycles. The van der Waals surface area contributed by atoms with Gasteiger partial charge in [-0.1, -0.05) is 105 Å². The molecule has 0 aliphatic rings. The second kappa shape index (κ2) is 33.7. The molecule has 0 heterocycles. The maximum absolute atomic E-state index is 2.39. The predicted molar refractivity (Wildman–Crippen MR) is 214 cm³/mol. The van der Waals surface area contributed by atoms with Crippen LogP contribution in [0.2, 0.25) is 105 Å². The molecular formula is C32H60Ge3Si6. The van der Waals surface area contributed by atoms with Gasteiger partial charge in [0.2, 0.25) is 0 Å². The fourth-order valence-corrected chi connectivity index (χ4v) is 6.25. The van der Waals surface area contributed by atoms with E-state index in [0.29, 0.717) is 0 Å². The van der Waals surface area contributed by atoms with Gasteiger partial charge in [0, 0.05) is 51.8 Å². The Morgan fingerprint density at radius 1 is 0.439 bits per heavy atom. The first kappa shape index (κ1) is 48.7. The van der Waals surface area contributed by atoms with Gasteiger partial charge in [-0.05, 0) is 0 Å². The molecule has 0 bridgehead atoms. The molecule has 0 unspecified atom stereocenters. The zero-order valence-corrected chi connectivity index (χ0v) is 41.7. The molecule has 0 atom stereocenters. The van der Waals surface area contributed by atoms with E-state index in [2.05, 4.69) is 208 Å². The normalized spacial score (nSPS) is 10.9. The topological polar surface area (TPSA) is 0 Å². The summed E-state index contributed by atoms with van der Waals surface area (Å²) in [4.78, 5) is 4.53. The van der Waals surface area contributed by atoms with Gasteiger partial charge >= 0.3 is 139 Å². The van der Waals surface area contributed by atoms with Crippen LogP contribution in [0, 0.1) is 0 Å². The molecule has 9 heteroatoms. The van der Waals surface area contributed by atoms with E-state index in [4.69, 9.17) is 0 Å². The number of hydrogen-bond acceptors (Lipinski definition) is 0. The van der Waals surface area contributed by atoms with E-state index < -0.39 is 0 Å². The Balaban J connectivity index is -0.000000255. The Kier molecular flexibility index (Phi) is 40.1. The summed E-state index contributed by atoms with van der Waals surface area (Å²) in [5.41, 5.74) is 2.72. The van der Waals surface area contributed by atoms with Crippen molar-refractivity contribution in [1.29, 1.82) is 0 Å². The number of benzene rings is 2. The van der Waals surface area contributed by atoms with E-state index in [9.17, 15) is 0 Å². The van der Waals surface area contributed by atoms with Crippen LogP contribution in [0.25, 0.3) is 8.81 Å². The summed E-state index contributed by atoms with van der Waals surface area (Å²) in [6, 6.07) is 21.4. The zero-order chi connectivity index (χ0) is 33.0. The first-order valence-electron chi connectivity index (χ1n) is 14.2. The van der Waals surface area contributed by atoms with Crippen molar-refractivity contribution < 1.29 is 0 Å². The summed E-state index contributed by atoms with van der Waals surface area (Å²) < 4.78 is 3.00. The van der Waals surface area contributed by atoms with Crippen LogP contribution in [0.15, 0.2) is 70.5 Å². The van der Waals surface area contributed by atoms with Crippen LogP contribution in [0.3, 0.4) is 0 Å². The van der Waals surface area contributed by atoms with E-state index in [-0.39, 0.29) is 67.2 Å². The van der Waals surface area contributed by atoms with Crippen LogP contribution >= 0.6 is 0 Å². The van der Waals surface area contributed by atoms with Gasteiger partial charge in [0.25, 0.3) is 0 Å². The van der Waals surface area contributed by atoms with Gasteiger partial charge in [-0.15, -0.1) is 0 Å². The van der Waals surface area contributed by atoms with Crippen molar-refractivity contribution >= 4 is 109 Å². The summed E-state index contributed by atoms with van der Waals surface area (Å²) in [6.45, 7) is 36.8. The average molecular weight is 831 g/mol. The van der Waals surface area contributed by atoms with Crippen LogP contribution in [0.4, 0.5) is 0 Å². The molecule has 0 saturated heterocycles. The van der Waals surface area contributed by atoms with Crippen molar-refractivity contribution in [1.82, 2.24) is 0 Å². The molecular weight excluding hydrogens is 771 g/mol. The van der Waals surface area contributed by atoms with Gasteiger partial charge < -0.3 is 0 Å². The zero-order valence-electron chi connectivity index (χ0n) is 29.4. The first-order chi connectivity index (χ1) is 18.9. The fourth-order valence-electron chi connectivity index (χ4n) is 1.76. The van der Waals surface area contributed by atoms with Crippen LogP contribution in [-0.4, -0.2) is 100 Å².